The maximum absolute atomic E-state index is 13.5. The summed E-state index contributed by atoms with van der Waals surface area (Å²) in [5.41, 5.74) is 2.73. The van der Waals surface area contributed by atoms with Crippen LogP contribution in [0.5, 0.6) is 0 Å². The molecule has 0 aliphatic rings. The van der Waals surface area contributed by atoms with Gasteiger partial charge in [-0.15, -0.1) is 11.3 Å². The van der Waals surface area contributed by atoms with E-state index < -0.39 is 17.6 Å². The van der Waals surface area contributed by atoms with E-state index in [2.05, 4.69) is 25.7 Å². The molecule has 186 valence electrons. The summed E-state index contributed by atoms with van der Waals surface area (Å²) in [6.45, 7) is 1.88. The molecule has 37 heavy (non-hydrogen) atoms. The number of rotatable bonds is 6. The highest BCUT2D eigenvalue weighted by Crippen LogP contribution is 2.33. The molecule has 7 nitrogen and oxygen atoms in total. The van der Waals surface area contributed by atoms with Crippen molar-refractivity contribution in [2.45, 2.75) is 13.1 Å². The number of nitrogens with zero attached hydrogens (tertiary/aromatic N) is 4. The third-order valence-corrected chi connectivity index (χ3v) is 6.23. The number of alkyl halides is 3. The topological polar surface area (TPSA) is 84.7 Å². The first-order chi connectivity index (χ1) is 17.8. The van der Waals surface area contributed by atoms with Crippen molar-refractivity contribution in [3.8, 4) is 16.9 Å². The summed E-state index contributed by atoms with van der Waals surface area (Å²) in [4.78, 5) is 21.7. The molecule has 0 atom stereocenters. The van der Waals surface area contributed by atoms with Gasteiger partial charge in [-0.3, -0.25) is 9.78 Å². The van der Waals surface area contributed by atoms with Gasteiger partial charge in [0, 0.05) is 52.7 Å². The number of carbonyl (C=O) groups excluding carboxylic acids is 1. The number of aryl methyl sites for hydroxylation is 1. The lowest BCUT2D eigenvalue weighted by atomic mass is 10.1. The maximum atomic E-state index is 13.5. The minimum Gasteiger partial charge on any atom is -0.331 e. The van der Waals surface area contributed by atoms with Gasteiger partial charge in [-0.2, -0.15) is 18.3 Å². The van der Waals surface area contributed by atoms with Crippen LogP contribution in [0.2, 0.25) is 0 Å². The van der Waals surface area contributed by atoms with Crippen molar-refractivity contribution in [1.29, 1.82) is 0 Å². The summed E-state index contributed by atoms with van der Waals surface area (Å²) in [7, 11) is 0. The van der Waals surface area contributed by atoms with E-state index >= 15 is 0 Å². The molecule has 5 aromatic rings. The summed E-state index contributed by atoms with van der Waals surface area (Å²) >= 11 is 1.40. The monoisotopic (exact) mass is 520 g/mol. The number of amides is 1. The smallest absolute Gasteiger partial charge is 0.331 e. The third-order valence-electron chi connectivity index (χ3n) is 5.47. The van der Waals surface area contributed by atoms with Gasteiger partial charge in [0.25, 0.3) is 5.91 Å². The Kier molecular flexibility index (Phi) is 6.45. The van der Waals surface area contributed by atoms with E-state index in [1.54, 1.807) is 36.7 Å². The van der Waals surface area contributed by atoms with E-state index in [0.717, 1.165) is 29.0 Å². The summed E-state index contributed by atoms with van der Waals surface area (Å²) in [5.74, 6) is -0.552. The lowest BCUT2D eigenvalue weighted by Crippen LogP contribution is -2.14. The fourth-order valence-electron chi connectivity index (χ4n) is 3.60. The Morgan fingerprint density at radius 1 is 1.05 bits per heavy atom. The third kappa shape index (κ3) is 5.51. The molecule has 0 fully saturated rings. The van der Waals surface area contributed by atoms with Crippen molar-refractivity contribution in [2.24, 2.45) is 0 Å². The zero-order valence-electron chi connectivity index (χ0n) is 19.3. The lowest BCUT2D eigenvalue weighted by molar-refractivity contribution is -0.137. The zero-order valence-corrected chi connectivity index (χ0v) is 20.1. The van der Waals surface area contributed by atoms with Gasteiger partial charge in [0.1, 0.15) is 0 Å². The molecule has 3 aromatic heterocycles. The van der Waals surface area contributed by atoms with Crippen molar-refractivity contribution < 1.29 is 18.0 Å². The number of hydrogen-bond donors (Lipinski definition) is 2. The fourth-order valence-corrected chi connectivity index (χ4v) is 4.33. The number of nitrogens with one attached hydrogen (secondary N) is 2. The number of aromatic nitrogens is 4. The summed E-state index contributed by atoms with van der Waals surface area (Å²) in [5, 5.41) is 12.3. The van der Waals surface area contributed by atoms with Crippen LogP contribution in [-0.4, -0.2) is 25.7 Å². The van der Waals surface area contributed by atoms with E-state index in [1.807, 2.05) is 24.4 Å². The molecule has 0 saturated carbocycles. The molecule has 0 spiro atoms. The van der Waals surface area contributed by atoms with Gasteiger partial charge in [-0.05, 0) is 61.0 Å². The van der Waals surface area contributed by atoms with E-state index in [0.29, 0.717) is 10.8 Å². The van der Waals surface area contributed by atoms with Crippen LogP contribution in [0.1, 0.15) is 21.5 Å². The van der Waals surface area contributed by atoms with Gasteiger partial charge in [-0.1, -0.05) is 6.07 Å². The summed E-state index contributed by atoms with van der Waals surface area (Å²) < 4.78 is 41.8. The molecule has 11 heteroatoms. The van der Waals surface area contributed by atoms with E-state index in [1.165, 1.54) is 34.5 Å². The average Bonchev–Trinajstić information content (AvgIpc) is 3.58. The Labute approximate surface area is 213 Å². The Hall–Kier alpha value is -4.51. The molecule has 0 aliphatic heterocycles. The highest BCUT2D eigenvalue weighted by molar-refractivity contribution is 7.14. The Bertz CT molecular complexity index is 1550. The number of pyridine rings is 1. The van der Waals surface area contributed by atoms with Gasteiger partial charge in [0.2, 0.25) is 0 Å². The Balaban J connectivity index is 1.38. The highest BCUT2D eigenvalue weighted by atomic mass is 32.1. The lowest BCUT2D eigenvalue weighted by Gasteiger charge is -2.14. The number of halogens is 3. The van der Waals surface area contributed by atoms with Crippen LogP contribution >= 0.6 is 11.3 Å². The number of carbonyl (C=O) groups is 1. The zero-order chi connectivity index (χ0) is 26.0. The van der Waals surface area contributed by atoms with Gasteiger partial charge in [0.15, 0.2) is 5.13 Å². The number of anilines is 3. The van der Waals surface area contributed by atoms with Crippen LogP contribution < -0.4 is 10.6 Å². The van der Waals surface area contributed by atoms with Crippen LogP contribution in [0.15, 0.2) is 84.8 Å². The molecule has 0 unspecified atom stereocenters. The van der Waals surface area contributed by atoms with Gasteiger partial charge >= 0.3 is 6.18 Å². The number of thiazole rings is 1. The SMILES string of the molecule is Cc1ccc(C(=O)Nc2cc(-n3cccn3)cc(C(F)(F)F)c2)cc1Nc1nc(-c2cccnc2)cs1. The first kappa shape index (κ1) is 24.2. The van der Waals surface area contributed by atoms with Crippen LogP contribution in [0.25, 0.3) is 16.9 Å². The first-order valence-corrected chi connectivity index (χ1v) is 11.9. The summed E-state index contributed by atoms with van der Waals surface area (Å²) in [6, 6.07) is 13.7. The standard InChI is InChI=1S/C26H19F3N6OS/c1-16-5-6-17(10-22(16)33-25-34-23(15-37-25)18-4-2-7-30-14-18)24(36)32-20-11-19(26(27,28)29)12-21(13-20)35-9-3-8-31-35/h2-15H,1H3,(H,32,36)(H,33,34). The van der Waals surface area contributed by atoms with Crippen molar-refractivity contribution >= 4 is 33.8 Å². The van der Waals surface area contributed by atoms with E-state index in [4.69, 9.17) is 0 Å². The van der Waals surface area contributed by atoms with Gasteiger partial charge < -0.3 is 10.6 Å². The maximum Gasteiger partial charge on any atom is 0.416 e. The normalized spacial score (nSPS) is 11.4. The van der Waals surface area contributed by atoms with Crippen molar-refractivity contribution in [1.82, 2.24) is 19.7 Å². The second kappa shape index (κ2) is 9.86. The molecule has 2 aromatic carbocycles. The molecular formula is C26H19F3N6OS. The fraction of sp³-hybridized carbons (Fsp3) is 0.0769. The Morgan fingerprint density at radius 2 is 1.92 bits per heavy atom. The average molecular weight is 521 g/mol. The molecular weight excluding hydrogens is 501 g/mol. The van der Waals surface area contributed by atoms with Crippen molar-refractivity contribution in [3.63, 3.8) is 0 Å². The van der Waals surface area contributed by atoms with E-state index in [-0.39, 0.29) is 16.9 Å². The minimum atomic E-state index is -4.59. The predicted octanol–water partition coefficient (Wildman–Crippen LogP) is 6.71. The van der Waals surface area contributed by atoms with Crippen LogP contribution in [0, 0.1) is 6.92 Å². The molecule has 1 amide bonds. The second-order valence-electron chi connectivity index (χ2n) is 8.11. The van der Waals surface area contributed by atoms with Crippen LogP contribution in [-0.2, 0) is 6.18 Å². The van der Waals surface area contributed by atoms with Crippen LogP contribution in [0.3, 0.4) is 0 Å². The molecule has 5 rings (SSSR count). The second-order valence-corrected chi connectivity index (χ2v) is 8.96. The molecule has 0 radical (unpaired) electrons. The number of hydrogen-bond acceptors (Lipinski definition) is 6. The molecule has 2 N–H and O–H groups in total. The molecule has 3 heterocycles. The molecule has 0 saturated heterocycles. The summed E-state index contributed by atoms with van der Waals surface area (Å²) in [6.07, 6.45) is 1.80. The molecule has 0 aliphatic carbocycles. The quantitative estimate of drug-likeness (QED) is 0.260. The predicted molar refractivity (Wildman–Crippen MR) is 136 cm³/mol. The largest absolute Gasteiger partial charge is 0.416 e. The highest BCUT2D eigenvalue weighted by Gasteiger charge is 2.31. The first-order valence-electron chi connectivity index (χ1n) is 11.0. The van der Waals surface area contributed by atoms with Crippen molar-refractivity contribution in [3.05, 3.63) is 101 Å². The minimum absolute atomic E-state index is 0.00134. The van der Waals surface area contributed by atoms with Crippen LogP contribution in [0.4, 0.5) is 29.7 Å². The van der Waals surface area contributed by atoms with Crippen molar-refractivity contribution in [2.75, 3.05) is 10.6 Å². The van der Waals surface area contributed by atoms with Gasteiger partial charge in [0.05, 0.1) is 16.9 Å². The number of benzene rings is 2. The molecule has 0 bridgehead atoms. The van der Waals surface area contributed by atoms with E-state index in [9.17, 15) is 18.0 Å². The Morgan fingerprint density at radius 3 is 2.65 bits per heavy atom. The van der Waals surface area contributed by atoms with Gasteiger partial charge in [-0.25, -0.2) is 9.67 Å².